The third-order valence-electron chi connectivity index (χ3n) is 7.26. The molecule has 5 rings (SSSR count). The van der Waals surface area contributed by atoms with Crippen molar-refractivity contribution < 1.29 is 4.79 Å². The van der Waals surface area contributed by atoms with Gasteiger partial charge in [-0.2, -0.15) is 0 Å². The molecule has 2 aromatic heterocycles. The minimum absolute atomic E-state index is 0.213. The quantitative estimate of drug-likeness (QED) is 0.546. The molecule has 0 aliphatic carbocycles. The van der Waals surface area contributed by atoms with Gasteiger partial charge in [0.05, 0.1) is 11.7 Å². The molecule has 2 amide bonds. The number of aromatic nitrogens is 2. The number of piperazine rings is 1. The van der Waals surface area contributed by atoms with Crippen LogP contribution in [0.2, 0.25) is 5.02 Å². The number of likely N-dealkylation sites (tertiary alicyclic amines) is 1. The van der Waals surface area contributed by atoms with Crippen LogP contribution in [0.3, 0.4) is 0 Å². The van der Waals surface area contributed by atoms with Crippen molar-refractivity contribution in [1.29, 1.82) is 0 Å². The molecule has 3 aromatic rings. The lowest BCUT2D eigenvalue weighted by Gasteiger charge is -2.40. The second kappa shape index (κ2) is 9.35. The monoisotopic (exact) mass is 465 g/mol. The van der Waals surface area contributed by atoms with Crippen molar-refractivity contribution in [2.75, 3.05) is 39.3 Å². The Bertz CT molecular complexity index is 1110. The largest absolute Gasteiger partial charge is 0.325 e. The maximum atomic E-state index is 13.1. The number of carbonyl (C=O) groups is 1. The second-order valence-corrected chi connectivity index (χ2v) is 9.92. The lowest BCUT2D eigenvalue weighted by molar-refractivity contribution is 0.0933. The molecule has 6 nitrogen and oxygen atoms in total. The highest BCUT2D eigenvalue weighted by Crippen LogP contribution is 2.35. The van der Waals surface area contributed by atoms with Crippen molar-refractivity contribution in [3.8, 4) is 5.69 Å². The summed E-state index contributed by atoms with van der Waals surface area (Å²) in [6.45, 7) is 9.68. The molecule has 0 N–H and O–H groups in total. The number of benzene rings is 1. The Balaban J connectivity index is 1.29. The summed E-state index contributed by atoms with van der Waals surface area (Å²) in [5, 5.41) is 1.98. The molecule has 0 radical (unpaired) electrons. The highest BCUT2D eigenvalue weighted by atomic mass is 35.5. The molecule has 0 saturated carbocycles. The van der Waals surface area contributed by atoms with Crippen LogP contribution < -0.4 is 0 Å². The first kappa shape index (κ1) is 22.2. The fourth-order valence-electron chi connectivity index (χ4n) is 5.25. The minimum Gasteiger partial charge on any atom is -0.325 e. The molecule has 0 spiro atoms. The maximum Gasteiger partial charge on any atom is 0.320 e. The summed E-state index contributed by atoms with van der Waals surface area (Å²) >= 11 is 6.10. The Labute approximate surface area is 200 Å². The average Bonchev–Trinajstić information content (AvgIpc) is 3.24. The zero-order valence-corrected chi connectivity index (χ0v) is 20.2. The van der Waals surface area contributed by atoms with Gasteiger partial charge in [-0.15, -0.1) is 0 Å². The third-order valence-corrected chi connectivity index (χ3v) is 7.52. The Hall–Kier alpha value is -2.57. The highest BCUT2D eigenvalue weighted by Gasteiger charge is 2.30. The van der Waals surface area contributed by atoms with Crippen LogP contribution in [0.25, 0.3) is 16.6 Å². The lowest BCUT2D eigenvalue weighted by atomic mass is 9.89. The van der Waals surface area contributed by atoms with E-state index in [0.717, 1.165) is 68.3 Å². The molecular formula is C26H32ClN5O. The topological polar surface area (TPSA) is 44.6 Å². The van der Waals surface area contributed by atoms with Gasteiger partial charge in [-0.3, -0.25) is 9.88 Å². The first-order valence-corrected chi connectivity index (χ1v) is 12.4. The van der Waals surface area contributed by atoms with Crippen molar-refractivity contribution in [1.82, 2.24) is 24.3 Å². The van der Waals surface area contributed by atoms with Gasteiger partial charge >= 0.3 is 6.03 Å². The highest BCUT2D eigenvalue weighted by molar-refractivity contribution is 6.30. The number of halogens is 1. The van der Waals surface area contributed by atoms with Crippen molar-refractivity contribution in [3.05, 3.63) is 59.5 Å². The van der Waals surface area contributed by atoms with E-state index >= 15 is 0 Å². The molecule has 0 bridgehead atoms. The van der Waals surface area contributed by atoms with Gasteiger partial charge < -0.3 is 14.4 Å². The molecule has 0 atom stereocenters. The van der Waals surface area contributed by atoms with E-state index in [1.165, 1.54) is 10.9 Å². The zero-order chi connectivity index (χ0) is 22.9. The van der Waals surface area contributed by atoms with Gasteiger partial charge in [-0.05, 0) is 68.5 Å². The number of piperidine rings is 1. The van der Waals surface area contributed by atoms with Crippen LogP contribution in [-0.4, -0.2) is 75.6 Å². The van der Waals surface area contributed by atoms with E-state index in [1.54, 1.807) is 0 Å². The molecule has 33 heavy (non-hydrogen) atoms. The smallest absolute Gasteiger partial charge is 0.320 e. The Morgan fingerprint density at radius 1 is 0.970 bits per heavy atom. The molecule has 1 aromatic carbocycles. The minimum atomic E-state index is 0.213. The number of carbonyl (C=O) groups excluding carboxylic acids is 1. The molecule has 0 unspecified atom stereocenters. The van der Waals surface area contributed by atoms with E-state index in [0.29, 0.717) is 12.0 Å². The Morgan fingerprint density at radius 2 is 1.64 bits per heavy atom. The Kier molecular flexibility index (Phi) is 6.30. The normalized spacial score (nSPS) is 18.4. The standard InChI is InChI=1S/C26H32ClN5O/c1-19(2)29-13-15-31(16-14-29)26(33)30-11-8-20(9-12-30)24-18-32(22-5-3-21(27)4-6-22)25-17-28-10-7-23(24)25/h3-7,10,17-20H,8-9,11-16H2,1-2H3. The van der Waals surface area contributed by atoms with Crippen LogP contribution in [0.1, 0.15) is 38.2 Å². The van der Waals surface area contributed by atoms with Crippen LogP contribution in [0.15, 0.2) is 48.9 Å². The van der Waals surface area contributed by atoms with Crippen LogP contribution in [-0.2, 0) is 0 Å². The van der Waals surface area contributed by atoms with Gasteiger partial charge in [0.2, 0.25) is 0 Å². The first-order valence-electron chi connectivity index (χ1n) is 12.0. The van der Waals surface area contributed by atoms with E-state index < -0.39 is 0 Å². The molecule has 174 valence electrons. The summed E-state index contributed by atoms with van der Waals surface area (Å²) in [4.78, 5) is 24.0. The van der Waals surface area contributed by atoms with E-state index in [9.17, 15) is 4.79 Å². The molecule has 2 saturated heterocycles. The van der Waals surface area contributed by atoms with Crippen molar-refractivity contribution in [3.63, 3.8) is 0 Å². The van der Waals surface area contributed by atoms with Crippen molar-refractivity contribution >= 4 is 28.5 Å². The summed E-state index contributed by atoms with van der Waals surface area (Å²) in [5.41, 5.74) is 3.54. The van der Waals surface area contributed by atoms with Crippen LogP contribution >= 0.6 is 11.6 Å². The summed E-state index contributed by atoms with van der Waals surface area (Å²) < 4.78 is 2.21. The number of pyridine rings is 1. The molecule has 4 heterocycles. The van der Waals surface area contributed by atoms with Crippen molar-refractivity contribution in [2.45, 2.75) is 38.6 Å². The molecular weight excluding hydrogens is 434 g/mol. The van der Waals surface area contributed by atoms with E-state index in [-0.39, 0.29) is 6.03 Å². The number of urea groups is 1. The van der Waals surface area contributed by atoms with Crippen LogP contribution in [0.4, 0.5) is 4.79 Å². The van der Waals surface area contributed by atoms with Gasteiger partial charge in [-0.1, -0.05) is 11.6 Å². The summed E-state index contributed by atoms with van der Waals surface area (Å²) in [7, 11) is 0. The van der Waals surface area contributed by atoms with Gasteiger partial charge in [0.15, 0.2) is 0 Å². The average molecular weight is 466 g/mol. The van der Waals surface area contributed by atoms with E-state index in [1.807, 2.05) is 41.6 Å². The number of rotatable bonds is 3. The van der Waals surface area contributed by atoms with Gasteiger partial charge in [-0.25, -0.2) is 4.79 Å². The molecule has 7 heteroatoms. The van der Waals surface area contributed by atoms with Gasteiger partial charge in [0, 0.05) is 73.8 Å². The first-order chi connectivity index (χ1) is 16.0. The fraction of sp³-hybridized carbons (Fsp3) is 0.462. The molecule has 2 aliphatic rings. The number of hydrogen-bond donors (Lipinski definition) is 0. The Morgan fingerprint density at radius 3 is 2.30 bits per heavy atom. The number of nitrogens with zero attached hydrogens (tertiary/aromatic N) is 5. The van der Waals surface area contributed by atoms with E-state index in [2.05, 4.69) is 45.5 Å². The SMILES string of the molecule is CC(C)N1CCN(C(=O)N2CCC(c3cn(-c4ccc(Cl)cc4)c4cnccc34)CC2)CC1. The lowest BCUT2D eigenvalue weighted by Crippen LogP contribution is -2.55. The van der Waals surface area contributed by atoms with E-state index in [4.69, 9.17) is 11.6 Å². The summed E-state index contributed by atoms with van der Waals surface area (Å²) in [6, 6.07) is 10.8. The predicted molar refractivity (Wildman–Crippen MR) is 133 cm³/mol. The van der Waals surface area contributed by atoms with Gasteiger partial charge in [0.1, 0.15) is 0 Å². The van der Waals surface area contributed by atoms with Gasteiger partial charge in [0.25, 0.3) is 0 Å². The zero-order valence-electron chi connectivity index (χ0n) is 19.5. The molecule has 2 fully saturated rings. The number of hydrogen-bond acceptors (Lipinski definition) is 3. The number of fused-ring (bicyclic) bond motifs is 1. The predicted octanol–water partition coefficient (Wildman–Crippen LogP) is 5.00. The fourth-order valence-corrected chi connectivity index (χ4v) is 5.38. The summed E-state index contributed by atoms with van der Waals surface area (Å²) in [5.74, 6) is 0.435. The maximum absolute atomic E-state index is 13.1. The number of amides is 2. The van der Waals surface area contributed by atoms with Crippen LogP contribution in [0, 0.1) is 0 Å². The van der Waals surface area contributed by atoms with Crippen molar-refractivity contribution in [2.24, 2.45) is 0 Å². The molecule has 2 aliphatic heterocycles. The van der Waals surface area contributed by atoms with Crippen LogP contribution in [0.5, 0.6) is 0 Å². The summed E-state index contributed by atoms with van der Waals surface area (Å²) in [6.07, 6.45) is 8.03. The second-order valence-electron chi connectivity index (χ2n) is 9.48. The third kappa shape index (κ3) is 4.46.